The van der Waals surface area contributed by atoms with Gasteiger partial charge in [-0.15, -0.1) is 0 Å². The molecule has 0 spiro atoms. The summed E-state index contributed by atoms with van der Waals surface area (Å²) in [5.41, 5.74) is 4.45. The summed E-state index contributed by atoms with van der Waals surface area (Å²) in [6.45, 7) is 2.86. The van der Waals surface area contributed by atoms with E-state index in [9.17, 15) is 9.59 Å². The molecule has 0 aliphatic carbocycles. The van der Waals surface area contributed by atoms with Crippen LogP contribution in [0.4, 0.5) is 4.79 Å². The molecule has 1 atom stereocenters. The van der Waals surface area contributed by atoms with Crippen molar-refractivity contribution in [1.82, 2.24) is 9.47 Å². The quantitative estimate of drug-likeness (QED) is 0.705. The first kappa shape index (κ1) is 16.0. The Hall–Kier alpha value is -2.53. The monoisotopic (exact) mass is 350 g/mol. The Morgan fingerprint density at radius 1 is 1.08 bits per heavy atom. The van der Waals surface area contributed by atoms with Crippen LogP contribution in [-0.4, -0.2) is 26.9 Å². The molecule has 1 aliphatic heterocycles. The molecule has 0 radical (unpaired) electrons. The molecule has 1 amide bonds. The molecule has 5 heteroatoms. The Bertz CT molecular complexity index is 992. The second kappa shape index (κ2) is 6.08. The van der Waals surface area contributed by atoms with Crippen LogP contribution in [0.5, 0.6) is 0 Å². The Labute approximate surface area is 150 Å². The van der Waals surface area contributed by atoms with Gasteiger partial charge in [-0.3, -0.25) is 9.59 Å². The number of amides is 1. The van der Waals surface area contributed by atoms with Gasteiger partial charge in [0.25, 0.3) is 5.24 Å². The molecule has 1 fully saturated rings. The third-order valence-electron chi connectivity index (χ3n) is 4.66. The van der Waals surface area contributed by atoms with Crippen LogP contribution in [-0.2, 0) is 11.3 Å². The van der Waals surface area contributed by atoms with Crippen LogP contribution in [0.1, 0.15) is 22.7 Å². The number of aryl methyl sites for hydroxylation is 1. The fourth-order valence-corrected chi connectivity index (χ4v) is 4.26. The topological polar surface area (TPSA) is 42.3 Å². The smallest absolute Gasteiger partial charge is 0.289 e. The van der Waals surface area contributed by atoms with Crippen LogP contribution in [0.25, 0.3) is 10.9 Å². The van der Waals surface area contributed by atoms with Crippen LogP contribution in [0.2, 0.25) is 0 Å². The summed E-state index contributed by atoms with van der Waals surface area (Å²) >= 11 is 0.792. The number of hydrogen-bond acceptors (Lipinski definition) is 3. The van der Waals surface area contributed by atoms with E-state index in [4.69, 9.17) is 0 Å². The van der Waals surface area contributed by atoms with E-state index in [2.05, 4.69) is 41.8 Å². The summed E-state index contributed by atoms with van der Waals surface area (Å²) in [4.78, 5) is 25.6. The average Bonchev–Trinajstić information content (AvgIpc) is 3.09. The molecule has 0 saturated carbocycles. The van der Waals surface area contributed by atoms with Crippen LogP contribution in [0, 0.1) is 6.92 Å². The maximum atomic E-state index is 12.3. The van der Waals surface area contributed by atoms with Crippen molar-refractivity contribution in [2.24, 2.45) is 0 Å². The zero-order valence-corrected chi connectivity index (χ0v) is 14.9. The van der Waals surface area contributed by atoms with Crippen LogP contribution < -0.4 is 0 Å². The maximum absolute atomic E-state index is 12.3. The van der Waals surface area contributed by atoms with Crippen molar-refractivity contribution < 1.29 is 9.59 Å². The third-order valence-corrected chi connectivity index (χ3v) is 5.55. The van der Waals surface area contributed by atoms with Crippen molar-refractivity contribution in [3.05, 3.63) is 71.4 Å². The number of likely N-dealkylation sites (N-methyl/N-ethyl adjacent to an activating group) is 1. The number of fused-ring (bicyclic) bond motifs is 1. The molecule has 0 bridgehead atoms. The standard InChI is InChI=1S/C20H18N2O2S/c1-13-5-3-6-14(11-13)12-22-10-9-15-16(7-4-8-17(15)22)18-19(23)25-20(24)21(18)2/h3-11,18H,12H2,1-2H3. The summed E-state index contributed by atoms with van der Waals surface area (Å²) in [5, 5.41) is 0.730. The Balaban J connectivity index is 1.76. The van der Waals surface area contributed by atoms with Crippen molar-refractivity contribution in [3.8, 4) is 0 Å². The van der Waals surface area contributed by atoms with Crippen molar-refractivity contribution >= 4 is 33.0 Å². The molecule has 0 N–H and O–H groups in total. The summed E-state index contributed by atoms with van der Waals surface area (Å²) < 4.78 is 2.18. The maximum Gasteiger partial charge on any atom is 0.289 e. The lowest BCUT2D eigenvalue weighted by Gasteiger charge is -2.18. The van der Waals surface area contributed by atoms with Gasteiger partial charge in [0.1, 0.15) is 6.04 Å². The van der Waals surface area contributed by atoms with E-state index in [0.29, 0.717) is 0 Å². The number of aromatic nitrogens is 1. The van der Waals surface area contributed by atoms with E-state index >= 15 is 0 Å². The van der Waals surface area contributed by atoms with Gasteiger partial charge in [-0.1, -0.05) is 42.0 Å². The van der Waals surface area contributed by atoms with E-state index in [1.165, 1.54) is 16.0 Å². The Morgan fingerprint density at radius 2 is 1.88 bits per heavy atom. The highest BCUT2D eigenvalue weighted by atomic mass is 32.2. The number of hydrogen-bond donors (Lipinski definition) is 0. The fraction of sp³-hybridized carbons (Fsp3) is 0.200. The molecule has 4 nitrogen and oxygen atoms in total. The third kappa shape index (κ3) is 2.74. The largest absolute Gasteiger partial charge is 0.343 e. The van der Waals surface area contributed by atoms with Gasteiger partial charge >= 0.3 is 0 Å². The zero-order chi connectivity index (χ0) is 17.6. The molecule has 3 aromatic rings. The first-order valence-corrected chi connectivity index (χ1v) is 8.98. The number of thioether (sulfide) groups is 1. The molecule has 1 aromatic heterocycles. The van der Waals surface area contributed by atoms with Gasteiger partial charge in [0.2, 0.25) is 5.12 Å². The predicted octanol–water partition coefficient (Wildman–Crippen LogP) is 4.36. The SMILES string of the molecule is Cc1cccc(Cn2ccc3c(C4C(=O)SC(=O)N4C)cccc32)c1. The highest BCUT2D eigenvalue weighted by Gasteiger charge is 2.39. The molecule has 25 heavy (non-hydrogen) atoms. The lowest BCUT2D eigenvalue weighted by molar-refractivity contribution is -0.113. The highest BCUT2D eigenvalue weighted by molar-refractivity contribution is 8.26. The average molecular weight is 350 g/mol. The number of carbonyl (C=O) groups excluding carboxylic acids is 2. The minimum absolute atomic E-state index is 0.105. The molecule has 126 valence electrons. The van der Waals surface area contributed by atoms with Gasteiger partial charge in [-0.05, 0) is 30.2 Å². The predicted molar refractivity (Wildman–Crippen MR) is 101 cm³/mol. The first-order chi connectivity index (χ1) is 12.0. The molecular formula is C20H18N2O2S. The van der Waals surface area contributed by atoms with Gasteiger partial charge in [-0.2, -0.15) is 0 Å². The fourth-order valence-electron chi connectivity index (χ4n) is 3.44. The van der Waals surface area contributed by atoms with Crippen LogP contribution in [0.3, 0.4) is 0 Å². The first-order valence-electron chi connectivity index (χ1n) is 8.16. The lowest BCUT2D eigenvalue weighted by Crippen LogP contribution is -2.23. The molecular weight excluding hydrogens is 332 g/mol. The minimum Gasteiger partial charge on any atom is -0.343 e. The van der Waals surface area contributed by atoms with Gasteiger partial charge in [0.15, 0.2) is 0 Å². The second-order valence-electron chi connectivity index (χ2n) is 6.41. The number of carbonyl (C=O) groups is 2. The van der Waals surface area contributed by atoms with Gasteiger partial charge < -0.3 is 9.47 Å². The zero-order valence-electron chi connectivity index (χ0n) is 14.1. The molecule has 2 aromatic carbocycles. The number of nitrogens with zero attached hydrogens (tertiary/aromatic N) is 2. The van der Waals surface area contributed by atoms with Crippen LogP contribution >= 0.6 is 11.8 Å². The minimum atomic E-state index is -0.504. The summed E-state index contributed by atoms with van der Waals surface area (Å²) in [5.74, 6) is 0. The number of rotatable bonds is 3. The Morgan fingerprint density at radius 3 is 2.60 bits per heavy atom. The molecule has 4 rings (SSSR count). The highest BCUT2D eigenvalue weighted by Crippen LogP contribution is 2.38. The van der Waals surface area contributed by atoms with E-state index in [1.54, 1.807) is 7.05 Å². The van der Waals surface area contributed by atoms with Gasteiger partial charge in [0, 0.05) is 42.5 Å². The van der Waals surface area contributed by atoms with Crippen molar-refractivity contribution in [1.29, 1.82) is 0 Å². The molecule has 1 saturated heterocycles. The summed E-state index contributed by atoms with van der Waals surface area (Å²) in [7, 11) is 1.69. The van der Waals surface area contributed by atoms with Gasteiger partial charge in [-0.25, -0.2) is 0 Å². The van der Waals surface area contributed by atoms with E-state index in [1.807, 2.05) is 24.4 Å². The summed E-state index contributed by atoms with van der Waals surface area (Å²) in [6, 6.07) is 15.9. The lowest BCUT2D eigenvalue weighted by atomic mass is 10.0. The van der Waals surface area contributed by atoms with Crippen molar-refractivity contribution in [2.45, 2.75) is 19.5 Å². The van der Waals surface area contributed by atoms with E-state index in [-0.39, 0.29) is 10.4 Å². The normalized spacial score (nSPS) is 17.7. The molecule has 1 unspecified atom stereocenters. The van der Waals surface area contributed by atoms with Crippen molar-refractivity contribution in [3.63, 3.8) is 0 Å². The molecule has 1 aliphatic rings. The van der Waals surface area contributed by atoms with Crippen molar-refractivity contribution in [2.75, 3.05) is 7.05 Å². The molecule has 2 heterocycles. The second-order valence-corrected chi connectivity index (χ2v) is 7.37. The Kier molecular flexibility index (Phi) is 3.88. The van der Waals surface area contributed by atoms with Crippen LogP contribution in [0.15, 0.2) is 54.7 Å². The van der Waals surface area contributed by atoms with E-state index in [0.717, 1.165) is 34.8 Å². The van der Waals surface area contributed by atoms with E-state index < -0.39 is 6.04 Å². The van der Waals surface area contributed by atoms with Gasteiger partial charge in [0.05, 0.1) is 0 Å². The summed E-state index contributed by atoms with van der Waals surface area (Å²) in [6.07, 6.45) is 2.05. The number of benzene rings is 2.